The minimum Gasteiger partial charge on any atom is -0.439 e. The van der Waals surface area contributed by atoms with Gasteiger partial charge in [-0.05, 0) is 32.0 Å². The van der Waals surface area contributed by atoms with Crippen LogP contribution in [0.2, 0.25) is 0 Å². The molecule has 3 rings (SSSR count). The Hall–Kier alpha value is -2.27. The largest absolute Gasteiger partial charge is 0.439 e. The molecule has 160 valence electrons. The molecule has 0 saturated heterocycles. The van der Waals surface area contributed by atoms with Crippen LogP contribution in [0.15, 0.2) is 53.0 Å². The van der Waals surface area contributed by atoms with Crippen molar-refractivity contribution in [3.05, 3.63) is 70.1 Å². The van der Waals surface area contributed by atoms with E-state index in [-0.39, 0.29) is 29.8 Å². The van der Waals surface area contributed by atoms with E-state index in [2.05, 4.69) is 31.0 Å². The molecule has 0 radical (unpaired) electrons. The second-order valence-electron chi connectivity index (χ2n) is 6.26. The fourth-order valence-electron chi connectivity index (χ4n) is 2.62. The van der Waals surface area contributed by atoms with Crippen LogP contribution in [0.4, 0.5) is 4.39 Å². The summed E-state index contributed by atoms with van der Waals surface area (Å²) in [6, 6.07) is 9.71. The van der Waals surface area contributed by atoms with Crippen molar-refractivity contribution in [2.75, 3.05) is 13.1 Å². The first kappa shape index (κ1) is 24.0. The van der Waals surface area contributed by atoms with Crippen LogP contribution in [0.5, 0.6) is 11.6 Å². The molecule has 30 heavy (non-hydrogen) atoms. The molecule has 0 spiro atoms. The molecule has 2 heterocycles. The summed E-state index contributed by atoms with van der Waals surface area (Å²) in [6.45, 7) is 5.88. The maximum Gasteiger partial charge on any atom is 0.224 e. The normalized spacial score (nSPS) is 11.0. The van der Waals surface area contributed by atoms with Crippen LogP contribution in [0, 0.1) is 12.7 Å². The molecule has 0 bridgehead atoms. The Kier molecular flexibility index (Phi) is 9.95. The lowest BCUT2D eigenvalue weighted by atomic mass is 10.2. The Morgan fingerprint density at radius 1 is 1.23 bits per heavy atom. The summed E-state index contributed by atoms with van der Waals surface area (Å²) in [7, 11) is 0. The van der Waals surface area contributed by atoms with Crippen molar-refractivity contribution in [1.82, 2.24) is 20.6 Å². The Morgan fingerprint density at radius 2 is 2.10 bits per heavy atom. The summed E-state index contributed by atoms with van der Waals surface area (Å²) < 4.78 is 19.2. The zero-order valence-corrected chi connectivity index (χ0v) is 20.0. The van der Waals surface area contributed by atoms with Crippen LogP contribution in [-0.2, 0) is 13.0 Å². The molecule has 2 aromatic heterocycles. The van der Waals surface area contributed by atoms with Crippen LogP contribution in [0.3, 0.4) is 0 Å². The highest BCUT2D eigenvalue weighted by molar-refractivity contribution is 14.0. The molecule has 0 fully saturated rings. The van der Waals surface area contributed by atoms with Gasteiger partial charge in [0.15, 0.2) is 5.96 Å². The van der Waals surface area contributed by atoms with Gasteiger partial charge in [0.25, 0.3) is 0 Å². The minimum atomic E-state index is -0.355. The first-order valence-electron chi connectivity index (χ1n) is 9.44. The summed E-state index contributed by atoms with van der Waals surface area (Å²) in [4.78, 5) is 13.4. The van der Waals surface area contributed by atoms with Crippen LogP contribution in [-0.4, -0.2) is 29.0 Å². The number of aliphatic imine (C=N–C) groups is 1. The monoisotopic (exact) mass is 541 g/mol. The Morgan fingerprint density at radius 3 is 2.83 bits per heavy atom. The summed E-state index contributed by atoms with van der Waals surface area (Å²) in [5.74, 6) is 1.17. The van der Waals surface area contributed by atoms with E-state index in [4.69, 9.17) is 4.74 Å². The van der Waals surface area contributed by atoms with Crippen molar-refractivity contribution in [3.8, 4) is 11.6 Å². The Bertz CT molecular complexity index is 966. The lowest BCUT2D eigenvalue weighted by Gasteiger charge is -2.12. The second kappa shape index (κ2) is 12.4. The van der Waals surface area contributed by atoms with E-state index in [0.717, 1.165) is 35.8 Å². The third-order valence-corrected chi connectivity index (χ3v) is 4.77. The van der Waals surface area contributed by atoms with Gasteiger partial charge in [0.1, 0.15) is 11.6 Å². The molecular formula is C21H25FIN5OS. The summed E-state index contributed by atoms with van der Waals surface area (Å²) in [5.41, 5.74) is 1.89. The number of aryl methyl sites for hydroxylation is 1. The highest BCUT2D eigenvalue weighted by Gasteiger charge is 2.07. The van der Waals surface area contributed by atoms with Gasteiger partial charge in [-0.1, -0.05) is 12.1 Å². The van der Waals surface area contributed by atoms with E-state index in [1.165, 1.54) is 12.1 Å². The van der Waals surface area contributed by atoms with E-state index < -0.39 is 0 Å². The Labute approximate surface area is 197 Å². The van der Waals surface area contributed by atoms with Gasteiger partial charge in [-0.25, -0.2) is 19.4 Å². The minimum absolute atomic E-state index is 0. The zero-order chi connectivity index (χ0) is 20.5. The van der Waals surface area contributed by atoms with Crippen LogP contribution < -0.4 is 15.4 Å². The summed E-state index contributed by atoms with van der Waals surface area (Å²) in [6.07, 6.45) is 2.47. The molecular weight excluding hydrogens is 516 g/mol. The number of nitrogens with zero attached hydrogens (tertiary/aromatic N) is 3. The first-order valence-corrected chi connectivity index (χ1v) is 10.3. The van der Waals surface area contributed by atoms with Crippen LogP contribution in [0.1, 0.15) is 23.2 Å². The van der Waals surface area contributed by atoms with E-state index in [1.54, 1.807) is 29.7 Å². The van der Waals surface area contributed by atoms with E-state index in [1.807, 2.05) is 26.0 Å². The topological polar surface area (TPSA) is 71.4 Å². The van der Waals surface area contributed by atoms with E-state index >= 15 is 0 Å². The van der Waals surface area contributed by atoms with Gasteiger partial charge in [-0.15, -0.1) is 35.3 Å². The molecule has 6 nitrogen and oxygen atoms in total. The van der Waals surface area contributed by atoms with Gasteiger partial charge in [-0.3, -0.25) is 0 Å². The fourth-order valence-corrected chi connectivity index (χ4v) is 3.26. The number of rotatable bonds is 8. The third kappa shape index (κ3) is 7.52. The molecule has 3 aromatic rings. The standard InChI is InChI=1S/C21H24FN5OS.HI/c1-3-23-21(25-11-9-18-14-29-15(2)27-18)26-13-16-6-5-10-24-20(16)28-19-8-4-7-17(22)12-19;/h4-8,10,12,14H,3,9,11,13H2,1-2H3,(H2,23,25,26);1H. The third-order valence-electron chi connectivity index (χ3n) is 3.95. The highest BCUT2D eigenvalue weighted by atomic mass is 127. The van der Waals surface area contributed by atoms with Crippen LogP contribution >= 0.6 is 35.3 Å². The highest BCUT2D eigenvalue weighted by Crippen LogP contribution is 2.23. The first-order chi connectivity index (χ1) is 14.1. The number of guanidine groups is 1. The molecule has 0 aliphatic rings. The van der Waals surface area contributed by atoms with Crippen molar-refractivity contribution >= 4 is 41.3 Å². The molecule has 0 unspecified atom stereocenters. The molecule has 0 aliphatic heterocycles. The molecule has 0 aliphatic carbocycles. The van der Waals surface area contributed by atoms with Gasteiger partial charge >= 0.3 is 0 Å². The number of hydrogen-bond acceptors (Lipinski definition) is 5. The number of hydrogen-bond donors (Lipinski definition) is 2. The lowest BCUT2D eigenvalue weighted by molar-refractivity contribution is 0.452. The fraction of sp³-hybridized carbons (Fsp3) is 0.286. The lowest BCUT2D eigenvalue weighted by Crippen LogP contribution is -2.38. The second-order valence-corrected chi connectivity index (χ2v) is 7.32. The average molecular weight is 541 g/mol. The number of ether oxygens (including phenoxy) is 1. The van der Waals surface area contributed by atoms with E-state index in [0.29, 0.717) is 24.1 Å². The summed E-state index contributed by atoms with van der Waals surface area (Å²) >= 11 is 1.66. The van der Waals surface area contributed by atoms with Gasteiger partial charge < -0.3 is 15.4 Å². The van der Waals surface area contributed by atoms with Crippen LogP contribution in [0.25, 0.3) is 0 Å². The summed E-state index contributed by atoms with van der Waals surface area (Å²) in [5, 5.41) is 9.70. The van der Waals surface area contributed by atoms with Gasteiger partial charge in [0.05, 0.1) is 17.2 Å². The molecule has 0 saturated carbocycles. The Balaban J connectivity index is 0.00000320. The number of benzene rings is 1. The molecule has 0 amide bonds. The number of nitrogens with one attached hydrogen (secondary N) is 2. The smallest absolute Gasteiger partial charge is 0.224 e. The maximum absolute atomic E-state index is 13.4. The molecule has 2 N–H and O–H groups in total. The molecule has 1 aromatic carbocycles. The number of aromatic nitrogens is 2. The van der Waals surface area contributed by atoms with Crippen molar-refractivity contribution < 1.29 is 9.13 Å². The van der Waals surface area contributed by atoms with Crippen molar-refractivity contribution in [3.63, 3.8) is 0 Å². The average Bonchev–Trinajstić information content (AvgIpc) is 3.12. The molecule has 0 atom stereocenters. The SMILES string of the molecule is CCNC(=NCc1cccnc1Oc1cccc(F)c1)NCCc1csc(C)n1.I. The predicted octanol–water partition coefficient (Wildman–Crippen LogP) is 4.69. The van der Waals surface area contributed by atoms with Crippen molar-refractivity contribution in [2.45, 2.75) is 26.8 Å². The number of pyridine rings is 1. The van der Waals surface area contributed by atoms with Gasteiger partial charge in [0, 0.05) is 42.7 Å². The van der Waals surface area contributed by atoms with Crippen molar-refractivity contribution in [2.24, 2.45) is 4.99 Å². The van der Waals surface area contributed by atoms with Gasteiger partial charge in [0.2, 0.25) is 5.88 Å². The van der Waals surface area contributed by atoms with Gasteiger partial charge in [-0.2, -0.15) is 0 Å². The number of thiazole rings is 1. The predicted molar refractivity (Wildman–Crippen MR) is 129 cm³/mol. The van der Waals surface area contributed by atoms with Crippen molar-refractivity contribution in [1.29, 1.82) is 0 Å². The molecule has 9 heteroatoms. The van der Waals surface area contributed by atoms with E-state index in [9.17, 15) is 4.39 Å². The maximum atomic E-state index is 13.4. The zero-order valence-electron chi connectivity index (χ0n) is 16.9. The number of halogens is 2. The quantitative estimate of drug-likeness (QED) is 0.246.